The van der Waals surface area contributed by atoms with Crippen molar-refractivity contribution in [2.24, 2.45) is 0 Å². The van der Waals surface area contributed by atoms with Crippen LogP contribution >= 0.6 is 9.24 Å². The molecule has 0 saturated heterocycles. The molecule has 0 amide bonds. The molecule has 0 radical (unpaired) electrons. The Hall–Kier alpha value is -1.27. The largest absolute Gasteiger partial charge is 0.261 e. The molecule has 1 unspecified atom stereocenters. The highest BCUT2D eigenvalue weighted by Gasteiger charge is 2.29. The normalized spacial score (nSPS) is 11.8. The molecule has 0 aromatic carbocycles. The molecule has 2 rings (SSSR count). The van der Waals surface area contributed by atoms with Gasteiger partial charge in [-0.05, 0) is 29.4 Å². The zero-order chi connectivity index (χ0) is 12.3. The number of aromatic nitrogens is 2. The quantitative estimate of drug-likeness (QED) is 0.774. The van der Waals surface area contributed by atoms with Crippen LogP contribution in [0.1, 0.15) is 31.2 Å². The van der Waals surface area contributed by atoms with Crippen molar-refractivity contribution in [1.82, 2.24) is 9.97 Å². The monoisotopic (exact) mass is 244 g/mol. The summed E-state index contributed by atoms with van der Waals surface area (Å²) in [5.41, 5.74) is 2.12. The molecule has 2 heterocycles. The van der Waals surface area contributed by atoms with E-state index >= 15 is 0 Å². The van der Waals surface area contributed by atoms with E-state index in [1.54, 1.807) is 0 Å². The first-order valence-corrected chi connectivity index (χ1v) is 6.27. The van der Waals surface area contributed by atoms with Crippen LogP contribution < -0.4 is 0 Å². The van der Waals surface area contributed by atoms with Crippen molar-refractivity contribution in [3.63, 3.8) is 0 Å². The van der Waals surface area contributed by atoms with Crippen LogP contribution in [-0.4, -0.2) is 15.1 Å². The third-order valence-electron chi connectivity index (χ3n) is 2.71. The molecule has 3 heteroatoms. The second-order valence-electron chi connectivity index (χ2n) is 4.76. The standard InChI is InChI=1S/C14H17N2P/c1-14(2,17)13(11-7-3-5-9-15-11)12-8-4-6-10-16-12/h3-10,13H,17H2,1-2H3. The lowest BCUT2D eigenvalue weighted by atomic mass is 9.87. The van der Waals surface area contributed by atoms with Gasteiger partial charge in [0.2, 0.25) is 0 Å². The summed E-state index contributed by atoms with van der Waals surface area (Å²) in [5.74, 6) is 0.190. The van der Waals surface area contributed by atoms with Gasteiger partial charge in [-0.15, -0.1) is 9.24 Å². The maximum absolute atomic E-state index is 4.47. The number of nitrogens with zero attached hydrogens (tertiary/aromatic N) is 2. The molecule has 0 bridgehead atoms. The molecule has 88 valence electrons. The predicted octanol–water partition coefficient (Wildman–Crippen LogP) is 3.26. The molecular weight excluding hydrogens is 227 g/mol. The van der Waals surface area contributed by atoms with Crippen LogP contribution in [0.2, 0.25) is 0 Å². The van der Waals surface area contributed by atoms with Crippen molar-refractivity contribution in [3.8, 4) is 0 Å². The van der Waals surface area contributed by atoms with Gasteiger partial charge in [0.15, 0.2) is 0 Å². The Balaban J connectivity index is 2.48. The SMILES string of the molecule is CC(C)(P)C(c1ccccn1)c1ccccn1. The fourth-order valence-corrected chi connectivity index (χ4v) is 2.35. The van der Waals surface area contributed by atoms with Crippen LogP contribution in [0, 0.1) is 0 Å². The van der Waals surface area contributed by atoms with Crippen LogP contribution in [0.5, 0.6) is 0 Å². The molecule has 0 aliphatic carbocycles. The van der Waals surface area contributed by atoms with E-state index in [1.807, 2.05) is 36.7 Å². The summed E-state index contributed by atoms with van der Waals surface area (Å²) < 4.78 is 0. The molecular formula is C14H17N2P. The second-order valence-corrected chi connectivity index (χ2v) is 6.25. The zero-order valence-electron chi connectivity index (χ0n) is 10.2. The van der Waals surface area contributed by atoms with E-state index in [4.69, 9.17) is 0 Å². The maximum Gasteiger partial charge on any atom is 0.0521 e. The van der Waals surface area contributed by atoms with E-state index in [2.05, 4.69) is 45.2 Å². The van der Waals surface area contributed by atoms with Gasteiger partial charge < -0.3 is 0 Å². The molecule has 0 spiro atoms. The lowest BCUT2D eigenvalue weighted by Gasteiger charge is -2.29. The Morgan fingerprint density at radius 1 is 0.941 bits per heavy atom. The lowest BCUT2D eigenvalue weighted by molar-refractivity contribution is 0.590. The number of hydrogen-bond acceptors (Lipinski definition) is 2. The molecule has 0 saturated carbocycles. The van der Waals surface area contributed by atoms with E-state index in [9.17, 15) is 0 Å². The van der Waals surface area contributed by atoms with Crippen molar-refractivity contribution in [3.05, 3.63) is 60.2 Å². The number of rotatable bonds is 3. The van der Waals surface area contributed by atoms with Crippen LogP contribution in [0.4, 0.5) is 0 Å². The minimum atomic E-state index is 0.0166. The van der Waals surface area contributed by atoms with E-state index in [0.717, 1.165) is 11.4 Å². The van der Waals surface area contributed by atoms with Gasteiger partial charge in [0.25, 0.3) is 0 Å². The van der Waals surface area contributed by atoms with Gasteiger partial charge >= 0.3 is 0 Å². The summed E-state index contributed by atoms with van der Waals surface area (Å²) in [6.45, 7) is 4.37. The van der Waals surface area contributed by atoms with Crippen LogP contribution in [-0.2, 0) is 0 Å². The van der Waals surface area contributed by atoms with E-state index < -0.39 is 0 Å². The van der Waals surface area contributed by atoms with Gasteiger partial charge in [-0.25, -0.2) is 0 Å². The average molecular weight is 244 g/mol. The Morgan fingerprint density at radius 3 is 1.71 bits per heavy atom. The minimum absolute atomic E-state index is 0.0166. The fraction of sp³-hybridized carbons (Fsp3) is 0.286. The van der Waals surface area contributed by atoms with Gasteiger partial charge in [-0.2, -0.15) is 0 Å². The van der Waals surface area contributed by atoms with Crippen LogP contribution in [0.3, 0.4) is 0 Å². The van der Waals surface area contributed by atoms with E-state index in [1.165, 1.54) is 0 Å². The maximum atomic E-state index is 4.47. The third-order valence-corrected chi connectivity index (χ3v) is 3.04. The van der Waals surface area contributed by atoms with Crippen molar-refractivity contribution < 1.29 is 0 Å². The first kappa shape index (κ1) is 12.2. The zero-order valence-corrected chi connectivity index (χ0v) is 11.3. The van der Waals surface area contributed by atoms with Crippen molar-refractivity contribution in [2.75, 3.05) is 0 Å². The fourth-order valence-electron chi connectivity index (χ4n) is 2.01. The summed E-state index contributed by atoms with van der Waals surface area (Å²) >= 11 is 0. The predicted molar refractivity (Wildman–Crippen MR) is 74.1 cm³/mol. The summed E-state index contributed by atoms with van der Waals surface area (Å²) in [6, 6.07) is 12.0. The van der Waals surface area contributed by atoms with E-state index in [-0.39, 0.29) is 11.1 Å². The minimum Gasteiger partial charge on any atom is -0.261 e. The molecule has 1 atom stereocenters. The average Bonchev–Trinajstić information content (AvgIpc) is 2.30. The van der Waals surface area contributed by atoms with Crippen molar-refractivity contribution in [1.29, 1.82) is 0 Å². The van der Waals surface area contributed by atoms with Crippen molar-refractivity contribution in [2.45, 2.75) is 24.9 Å². The molecule has 0 aliphatic rings. The highest BCUT2D eigenvalue weighted by Crippen LogP contribution is 2.38. The summed E-state index contributed by atoms with van der Waals surface area (Å²) in [6.07, 6.45) is 3.67. The molecule has 0 N–H and O–H groups in total. The van der Waals surface area contributed by atoms with Gasteiger partial charge in [-0.1, -0.05) is 26.0 Å². The highest BCUT2D eigenvalue weighted by atomic mass is 31.0. The molecule has 0 aliphatic heterocycles. The van der Waals surface area contributed by atoms with Gasteiger partial charge in [0, 0.05) is 12.4 Å². The first-order valence-electron chi connectivity index (χ1n) is 5.70. The summed E-state index contributed by atoms with van der Waals surface area (Å²) in [5, 5.41) is 0.0166. The molecule has 2 nitrogen and oxygen atoms in total. The molecule has 0 fully saturated rings. The van der Waals surface area contributed by atoms with Crippen LogP contribution in [0.25, 0.3) is 0 Å². The summed E-state index contributed by atoms with van der Waals surface area (Å²) in [7, 11) is 2.90. The van der Waals surface area contributed by atoms with Gasteiger partial charge in [-0.3, -0.25) is 9.97 Å². The Bertz CT molecular complexity index is 423. The summed E-state index contributed by atoms with van der Waals surface area (Å²) in [4.78, 5) is 8.94. The van der Waals surface area contributed by atoms with Crippen LogP contribution in [0.15, 0.2) is 48.8 Å². The second kappa shape index (κ2) is 4.93. The third kappa shape index (κ3) is 2.89. The molecule has 17 heavy (non-hydrogen) atoms. The number of pyridine rings is 2. The van der Waals surface area contributed by atoms with Crippen molar-refractivity contribution >= 4 is 9.24 Å². The van der Waals surface area contributed by atoms with Gasteiger partial charge in [0.05, 0.1) is 17.3 Å². The van der Waals surface area contributed by atoms with Gasteiger partial charge in [0.1, 0.15) is 0 Å². The number of hydrogen-bond donors (Lipinski definition) is 0. The highest BCUT2D eigenvalue weighted by molar-refractivity contribution is 7.19. The van der Waals surface area contributed by atoms with E-state index in [0.29, 0.717) is 0 Å². The molecule has 2 aromatic heterocycles. The smallest absolute Gasteiger partial charge is 0.0521 e. The molecule has 2 aromatic rings. The Morgan fingerprint density at radius 2 is 1.41 bits per heavy atom. The Labute approximate surface area is 105 Å². The Kier molecular flexibility index (Phi) is 3.54. The lowest BCUT2D eigenvalue weighted by Crippen LogP contribution is -2.24. The topological polar surface area (TPSA) is 25.8 Å². The first-order chi connectivity index (χ1) is 8.09.